The molecule has 0 unspecified atom stereocenters. The molecule has 8 N–H and O–H groups in total. The summed E-state index contributed by atoms with van der Waals surface area (Å²) in [6, 6.07) is 8.41. The van der Waals surface area contributed by atoms with Crippen molar-refractivity contribution < 1.29 is 69.0 Å². The zero-order chi connectivity index (χ0) is 37.5. The van der Waals surface area contributed by atoms with Crippen LogP contribution in [0.15, 0.2) is 62.8 Å². The van der Waals surface area contributed by atoms with Crippen molar-refractivity contribution in [3.63, 3.8) is 0 Å². The number of aliphatic hydroxyl groups excluding tert-OH is 8. The number of fused-ring (bicyclic) bond motifs is 1. The summed E-state index contributed by atoms with van der Waals surface area (Å²) >= 11 is 0. The van der Waals surface area contributed by atoms with E-state index in [1.54, 1.807) is 26.0 Å². The van der Waals surface area contributed by atoms with Gasteiger partial charge in [0, 0.05) is 17.5 Å². The van der Waals surface area contributed by atoms with Gasteiger partial charge in [0.1, 0.15) is 66.8 Å². The number of hydrogen-bond donors (Lipinski definition) is 8. The summed E-state index contributed by atoms with van der Waals surface area (Å²) in [6.45, 7) is 6.40. The molecule has 2 aliphatic rings. The molecule has 51 heavy (non-hydrogen) atoms. The summed E-state index contributed by atoms with van der Waals surface area (Å²) in [4.78, 5) is 11.5. The van der Waals surface area contributed by atoms with Crippen LogP contribution in [-0.4, -0.2) is 134 Å². The van der Waals surface area contributed by atoms with Crippen LogP contribution < -0.4 is 10.4 Å². The Labute approximate surface area is 295 Å². The van der Waals surface area contributed by atoms with E-state index in [1.165, 1.54) is 6.07 Å². The second kappa shape index (κ2) is 18.3. The maximum Gasteiger partial charge on any atom is 0.336 e. The Hall–Kier alpha value is -2.77. The van der Waals surface area contributed by atoms with Crippen molar-refractivity contribution in [2.75, 3.05) is 19.8 Å². The van der Waals surface area contributed by atoms with Gasteiger partial charge in [-0.3, -0.25) is 0 Å². The number of aliphatic hydroxyl groups is 8. The molecule has 0 amide bonds. The van der Waals surface area contributed by atoms with Crippen molar-refractivity contribution in [1.82, 2.24) is 0 Å². The van der Waals surface area contributed by atoms with Crippen molar-refractivity contribution in [3.8, 4) is 5.75 Å². The second-order valence-electron chi connectivity index (χ2n) is 13.7. The Bertz CT molecular complexity index is 1520. The molecule has 0 radical (unpaired) electrons. The van der Waals surface area contributed by atoms with Gasteiger partial charge in [-0.2, -0.15) is 0 Å². The zero-order valence-electron chi connectivity index (χ0n) is 29.3. The molecule has 0 spiro atoms. The molecule has 2 saturated heterocycles. The fourth-order valence-corrected chi connectivity index (χ4v) is 5.80. The Kier molecular flexibility index (Phi) is 14.7. The minimum absolute atomic E-state index is 0.321. The molecule has 0 bridgehead atoms. The molecule has 1 aromatic carbocycles. The fourth-order valence-electron chi connectivity index (χ4n) is 5.80. The van der Waals surface area contributed by atoms with Crippen LogP contribution in [0.2, 0.25) is 0 Å². The van der Waals surface area contributed by atoms with E-state index in [0.29, 0.717) is 30.8 Å². The lowest BCUT2D eigenvalue weighted by Gasteiger charge is -2.45. The van der Waals surface area contributed by atoms with Gasteiger partial charge in [0.15, 0.2) is 12.6 Å². The highest BCUT2D eigenvalue weighted by atomic mass is 16.7. The SMILES string of the molecule is CC(=CCOc1ccc2ccc(=O)oc2c1)CCC=C(C)CC[C@H](O)C(C)(C)O[C@@H]1O[C@H](CO[C@@H]2O[C@H](CO)[C@@H](O)[C@H](O)[C@H]2O)[C@@H](O)[C@H](O)[C@H]1O. The predicted octanol–water partition coefficient (Wildman–Crippen LogP) is 0.405. The quantitative estimate of drug-likeness (QED) is 0.0864. The molecule has 4 rings (SSSR count). The lowest BCUT2D eigenvalue weighted by atomic mass is 9.94. The first-order valence-corrected chi connectivity index (χ1v) is 17.1. The van der Waals surface area contributed by atoms with Gasteiger partial charge < -0.3 is 69.0 Å². The molecule has 2 aromatic rings. The average Bonchev–Trinajstić information content (AvgIpc) is 3.09. The van der Waals surface area contributed by atoms with Gasteiger partial charge in [-0.25, -0.2) is 4.79 Å². The molecule has 0 saturated carbocycles. The lowest BCUT2D eigenvalue weighted by Crippen LogP contribution is -2.62. The van der Waals surface area contributed by atoms with Crippen LogP contribution in [0.25, 0.3) is 11.0 Å². The molecule has 11 atom stereocenters. The molecular weight excluding hydrogens is 672 g/mol. The largest absolute Gasteiger partial charge is 0.489 e. The first-order chi connectivity index (χ1) is 24.1. The lowest BCUT2D eigenvalue weighted by molar-refractivity contribution is -0.347. The van der Waals surface area contributed by atoms with Gasteiger partial charge in [-0.05, 0) is 77.7 Å². The summed E-state index contributed by atoms with van der Waals surface area (Å²) in [5.74, 6) is 0.598. The van der Waals surface area contributed by atoms with Crippen LogP contribution in [0.4, 0.5) is 0 Å². The summed E-state index contributed by atoms with van der Waals surface area (Å²) in [6.07, 6.45) is -9.91. The highest BCUT2D eigenvalue weighted by Crippen LogP contribution is 2.30. The molecule has 286 valence electrons. The van der Waals surface area contributed by atoms with Gasteiger partial charge >= 0.3 is 5.63 Å². The minimum atomic E-state index is -1.71. The van der Waals surface area contributed by atoms with Crippen molar-refractivity contribution >= 4 is 11.0 Å². The number of hydrogen-bond acceptors (Lipinski definition) is 15. The maximum atomic E-state index is 11.5. The topological polar surface area (TPSA) is 238 Å². The molecule has 3 heterocycles. The molecule has 15 heteroatoms. The summed E-state index contributed by atoms with van der Waals surface area (Å²) in [5.41, 5.74) is 0.984. The second-order valence-corrected chi connectivity index (χ2v) is 13.7. The van der Waals surface area contributed by atoms with Crippen LogP contribution >= 0.6 is 0 Å². The third-order valence-electron chi connectivity index (χ3n) is 9.28. The third-order valence-corrected chi connectivity index (χ3v) is 9.28. The number of benzene rings is 1. The molecule has 15 nitrogen and oxygen atoms in total. The fraction of sp³-hybridized carbons (Fsp3) is 0.639. The maximum absolute atomic E-state index is 11.5. The number of ether oxygens (including phenoxy) is 5. The molecular formula is C36H52O15. The van der Waals surface area contributed by atoms with Gasteiger partial charge in [0.25, 0.3) is 0 Å². The zero-order valence-corrected chi connectivity index (χ0v) is 29.3. The van der Waals surface area contributed by atoms with E-state index in [4.69, 9.17) is 28.1 Å². The summed E-state index contributed by atoms with van der Waals surface area (Å²) in [5, 5.41) is 83.1. The van der Waals surface area contributed by atoms with Crippen molar-refractivity contribution in [3.05, 3.63) is 64.1 Å². The van der Waals surface area contributed by atoms with Gasteiger partial charge in [-0.1, -0.05) is 17.2 Å². The van der Waals surface area contributed by atoms with Gasteiger partial charge in [0.2, 0.25) is 0 Å². The van der Waals surface area contributed by atoms with Crippen LogP contribution in [0.1, 0.15) is 53.4 Å². The highest BCUT2D eigenvalue weighted by Gasteiger charge is 2.49. The van der Waals surface area contributed by atoms with Crippen molar-refractivity contribution in [2.45, 2.75) is 126 Å². The van der Waals surface area contributed by atoms with E-state index in [-0.39, 0.29) is 0 Å². The summed E-state index contributed by atoms with van der Waals surface area (Å²) < 4.78 is 33.4. The first-order valence-electron chi connectivity index (χ1n) is 17.1. The minimum Gasteiger partial charge on any atom is -0.489 e. The predicted molar refractivity (Wildman–Crippen MR) is 182 cm³/mol. The van der Waals surface area contributed by atoms with E-state index in [0.717, 1.165) is 29.4 Å². The normalized spacial score (nSPS) is 31.5. The van der Waals surface area contributed by atoms with Crippen LogP contribution in [0, 0.1) is 0 Å². The van der Waals surface area contributed by atoms with E-state index < -0.39 is 92.0 Å². The van der Waals surface area contributed by atoms with Crippen LogP contribution in [0.3, 0.4) is 0 Å². The number of rotatable bonds is 16. The monoisotopic (exact) mass is 724 g/mol. The molecule has 2 aliphatic heterocycles. The molecule has 2 fully saturated rings. The standard InChI is InChI=1S/C36H52O15/c1-19(6-5-7-20(2)14-15-46-22-11-9-21-10-13-27(39)48-23(21)16-22)8-12-26(38)36(3,4)51-35-33(45)31(43)29(41)25(50-35)18-47-34-32(44)30(42)28(40)24(17-37)49-34/h6,9-11,13-14,16,24-26,28-35,37-38,40-45H,5,7-8,12,15,17-18H2,1-4H3/t24-,25-,26+,28-,29-,30+,31+,32-,33-,34-,35+/m1/s1. The van der Waals surface area contributed by atoms with E-state index in [1.807, 2.05) is 32.1 Å². The Balaban J connectivity index is 1.22. The molecule has 0 aliphatic carbocycles. The summed E-state index contributed by atoms with van der Waals surface area (Å²) in [7, 11) is 0. The van der Waals surface area contributed by atoms with Gasteiger partial charge in [-0.15, -0.1) is 0 Å². The number of allylic oxidation sites excluding steroid dienone is 3. The van der Waals surface area contributed by atoms with Crippen LogP contribution in [-0.2, 0) is 18.9 Å². The smallest absolute Gasteiger partial charge is 0.336 e. The van der Waals surface area contributed by atoms with E-state index in [2.05, 4.69) is 6.08 Å². The van der Waals surface area contributed by atoms with E-state index >= 15 is 0 Å². The van der Waals surface area contributed by atoms with Crippen molar-refractivity contribution in [1.29, 1.82) is 0 Å². The Morgan fingerprint density at radius 3 is 2.18 bits per heavy atom. The van der Waals surface area contributed by atoms with Gasteiger partial charge in [0.05, 0.1) is 24.9 Å². The Morgan fingerprint density at radius 2 is 1.47 bits per heavy atom. The van der Waals surface area contributed by atoms with E-state index in [9.17, 15) is 45.6 Å². The third kappa shape index (κ3) is 10.9. The first kappa shape index (κ1) is 41.0. The van der Waals surface area contributed by atoms with Crippen LogP contribution in [0.5, 0.6) is 5.75 Å². The Morgan fingerprint density at radius 1 is 0.843 bits per heavy atom. The molecule has 1 aromatic heterocycles. The highest BCUT2D eigenvalue weighted by molar-refractivity contribution is 5.77. The average molecular weight is 725 g/mol. The van der Waals surface area contributed by atoms with Crippen molar-refractivity contribution in [2.24, 2.45) is 0 Å².